The zero-order valence-corrected chi connectivity index (χ0v) is 16.4. The number of nitrogens with one attached hydrogen (secondary N) is 1. The maximum Gasteiger partial charge on any atom is 0.418 e. The van der Waals surface area contributed by atoms with E-state index in [-0.39, 0.29) is 17.1 Å². The van der Waals surface area contributed by atoms with Crippen LogP contribution in [0.4, 0.5) is 24.7 Å². The van der Waals surface area contributed by atoms with E-state index in [0.29, 0.717) is 15.9 Å². The molecule has 1 N–H and O–H groups in total. The molecule has 0 spiro atoms. The molecule has 0 bridgehead atoms. The van der Waals surface area contributed by atoms with E-state index in [1.54, 1.807) is 31.2 Å². The Balaban J connectivity index is 2.16. The number of nitrogens with zero attached hydrogens (tertiary/aromatic N) is 2. The van der Waals surface area contributed by atoms with Gasteiger partial charge in [-0.1, -0.05) is 24.3 Å². The van der Waals surface area contributed by atoms with E-state index < -0.39 is 17.7 Å². The molecule has 0 fully saturated rings. The normalized spacial score (nSPS) is 11.4. The van der Waals surface area contributed by atoms with Gasteiger partial charge in [0.15, 0.2) is 0 Å². The summed E-state index contributed by atoms with van der Waals surface area (Å²) in [6, 6.07) is 11.7. The largest absolute Gasteiger partial charge is 0.465 e. The van der Waals surface area contributed by atoms with Crippen LogP contribution in [0, 0.1) is 6.92 Å². The third-order valence-corrected chi connectivity index (χ3v) is 4.96. The summed E-state index contributed by atoms with van der Waals surface area (Å²) < 4.78 is 46.8. The zero-order chi connectivity index (χ0) is 20.5. The molecular weight excluding hydrogens is 439 g/mol. The molecule has 0 unspecified atom stereocenters. The Labute approximate surface area is 167 Å². The number of halogens is 4. The van der Waals surface area contributed by atoms with E-state index in [4.69, 9.17) is 4.74 Å². The van der Waals surface area contributed by atoms with Gasteiger partial charge in [0.05, 0.1) is 39.8 Å². The van der Waals surface area contributed by atoms with Gasteiger partial charge in [0.25, 0.3) is 0 Å². The molecule has 0 aliphatic heterocycles. The van der Waals surface area contributed by atoms with Gasteiger partial charge >= 0.3 is 12.1 Å². The van der Waals surface area contributed by atoms with Crippen molar-refractivity contribution in [3.05, 3.63) is 69.8 Å². The summed E-state index contributed by atoms with van der Waals surface area (Å²) in [5.41, 5.74) is 0.137. The van der Waals surface area contributed by atoms with Gasteiger partial charge in [0.1, 0.15) is 5.82 Å². The highest BCUT2D eigenvalue weighted by Crippen LogP contribution is 2.38. The molecule has 3 rings (SSSR count). The van der Waals surface area contributed by atoms with Crippen molar-refractivity contribution in [2.75, 3.05) is 12.4 Å². The lowest BCUT2D eigenvalue weighted by molar-refractivity contribution is -0.137. The topological polar surface area (TPSA) is 56.1 Å². The Morgan fingerprint density at radius 3 is 2.46 bits per heavy atom. The molecular formula is C19H15BrF3N3O2. The van der Waals surface area contributed by atoms with Crippen LogP contribution in [-0.2, 0) is 10.9 Å². The molecule has 0 saturated heterocycles. The second-order valence-electron chi connectivity index (χ2n) is 5.84. The van der Waals surface area contributed by atoms with Crippen LogP contribution in [0.2, 0.25) is 0 Å². The first-order valence-corrected chi connectivity index (χ1v) is 8.89. The fourth-order valence-corrected chi connectivity index (χ4v) is 3.04. The van der Waals surface area contributed by atoms with E-state index >= 15 is 0 Å². The fraction of sp³-hybridized carbons (Fsp3) is 0.158. The van der Waals surface area contributed by atoms with Gasteiger partial charge in [-0.2, -0.15) is 18.3 Å². The number of methoxy groups -OCH3 is 1. The minimum atomic E-state index is -4.55. The van der Waals surface area contributed by atoms with Crippen molar-refractivity contribution in [2.45, 2.75) is 13.1 Å². The van der Waals surface area contributed by atoms with Crippen LogP contribution in [-0.4, -0.2) is 22.9 Å². The Morgan fingerprint density at radius 2 is 1.79 bits per heavy atom. The van der Waals surface area contributed by atoms with Crippen LogP contribution >= 0.6 is 15.9 Å². The number of carbonyl (C=O) groups excluding carboxylic acids is 1. The number of benzene rings is 2. The minimum Gasteiger partial charge on any atom is -0.465 e. The van der Waals surface area contributed by atoms with Crippen LogP contribution in [0.25, 0.3) is 5.69 Å². The summed E-state index contributed by atoms with van der Waals surface area (Å²) in [7, 11) is 1.25. The number of carbonyl (C=O) groups is 1. The Kier molecular flexibility index (Phi) is 5.46. The van der Waals surface area contributed by atoms with E-state index in [2.05, 4.69) is 26.3 Å². The Hall–Kier alpha value is -2.81. The number of alkyl halides is 3. The molecule has 9 heteroatoms. The van der Waals surface area contributed by atoms with Gasteiger partial charge in [-0.3, -0.25) is 0 Å². The number of para-hydroxylation sites is 2. The number of esters is 1. The van der Waals surface area contributed by atoms with Crippen molar-refractivity contribution in [3.63, 3.8) is 0 Å². The third kappa shape index (κ3) is 3.75. The molecule has 2 aromatic carbocycles. The van der Waals surface area contributed by atoms with Crippen LogP contribution in [0.3, 0.4) is 0 Å². The summed E-state index contributed by atoms with van der Waals surface area (Å²) in [5, 5.41) is 7.24. The van der Waals surface area contributed by atoms with Gasteiger partial charge in [-0.15, -0.1) is 0 Å². The molecule has 0 saturated carbocycles. The number of aryl methyl sites for hydroxylation is 1. The smallest absolute Gasteiger partial charge is 0.418 e. The molecule has 0 atom stereocenters. The van der Waals surface area contributed by atoms with Crippen molar-refractivity contribution < 1.29 is 22.7 Å². The highest BCUT2D eigenvalue weighted by molar-refractivity contribution is 9.10. The maximum atomic E-state index is 13.5. The van der Waals surface area contributed by atoms with Crippen LogP contribution < -0.4 is 5.32 Å². The lowest BCUT2D eigenvalue weighted by Gasteiger charge is -2.16. The van der Waals surface area contributed by atoms with Crippen molar-refractivity contribution in [3.8, 4) is 5.69 Å². The number of hydrogen-bond donors (Lipinski definition) is 1. The second-order valence-corrected chi connectivity index (χ2v) is 6.63. The van der Waals surface area contributed by atoms with Crippen molar-refractivity contribution in [1.82, 2.24) is 9.78 Å². The summed E-state index contributed by atoms with van der Waals surface area (Å²) in [4.78, 5) is 12.0. The molecule has 0 amide bonds. The summed E-state index contributed by atoms with van der Waals surface area (Å²) in [5.74, 6) is -0.316. The number of anilines is 2. The average molecular weight is 454 g/mol. The molecule has 0 radical (unpaired) electrons. The number of aromatic nitrogens is 2. The van der Waals surface area contributed by atoms with Crippen molar-refractivity contribution in [1.29, 1.82) is 0 Å². The van der Waals surface area contributed by atoms with Crippen molar-refractivity contribution in [2.24, 2.45) is 0 Å². The van der Waals surface area contributed by atoms with Gasteiger partial charge in [-0.25, -0.2) is 9.48 Å². The highest BCUT2D eigenvalue weighted by atomic mass is 79.9. The average Bonchev–Trinajstić information content (AvgIpc) is 2.95. The quantitative estimate of drug-likeness (QED) is 0.530. The van der Waals surface area contributed by atoms with Crippen LogP contribution in [0.15, 0.2) is 53.0 Å². The summed E-state index contributed by atoms with van der Waals surface area (Å²) >= 11 is 3.37. The van der Waals surface area contributed by atoms with Crippen LogP contribution in [0.5, 0.6) is 0 Å². The SMILES string of the molecule is COC(=O)c1ccccc1Nc1c(Br)c(C)nn1-c1ccccc1C(F)(F)F. The van der Waals surface area contributed by atoms with E-state index in [1.807, 2.05) is 0 Å². The van der Waals surface area contributed by atoms with Gasteiger partial charge in [0.2, 0.25) is 0 Å². The summed E-state index contributed by atoms with van der Waals surface area (Å²) in [6.45, 7) is 1.66. The standard InChI is InChI=1S/C19H15BrF3N3O2/c1-11-16(20)17(24-14-9-5-3-7-12(14)18(27)28-2)26(25-11)15-10-6-4-8-13(15)19(21,22)23/h3-10,24H,1-2H3. The first kappa shape index (κ1) is 19.9. The maximum absolute atomic E-state index is 13.5. The van der Waals surface area contributed by atoms with Gasteiger partial charge in [-0.05, 0) is 47.1 Å². The molecule has 3 aromatic rings. The predicted octanol–water partition coefficient (Wildman–Crippen LogP) is 5.49. The summed E-state index contributed by atoms with van der Waals surface area (Å²) in [6.07, 6.45) is -4.55. The third-order valence-electron chi connectivity index (χ3n) is 4.01. The second kappa shape index (κ2) is 7.67. The molecule has 0 aliphatic carbocycles. The Morgan fingerprint density at radius 1 is 1.14 bits per heavy atom. The minimum absolute atomic E-state index is 0.137. The molecule has 1 heterocycles. The fourth-order valence-electron chi connectivity index (χ4n) is 2.70. The van der Waals surface area contributed by atoms with E-state index in [1.165, 1.54) is 25.3 Å². The van der Waals surface area contributed by atoms with E-state index in [9.17, 15) is 18.0 Å². The monoisotopic (exact) mass is 453 g/mol. The molecule has 146 valence electrons. The first-order chi connectivity index (χ1) is 13.2. The molecule has 1 aromatic heterocycles. The number of ether oxygens (including phenoxy) is 1. The Bertz CT molecular complexity index is 1030. The molecule has 0 aliphatic rings. The lowest BCUT2D eigenvalue weighted by atomic mass is 10.1. The lowest BCUT2D eigenvalue weighted by Crippen LogP contribution is -2.13. The zero-order valence-electron chi connectivity index (χ0n) is 14.8. The van der Waals surface area contributed by atoms with E-state index in [0.717, 1.165) is 10.7 Å². The van der Waals surface area contributed by atoms with Crippen LogP contribution in [0.1, 0.15) is 21.6 Å². The molecule has 5 nitrogen and oxygen atoms in total. The van der Waals surface area contributed by atoms with Crippen molar-refractivity contribution >= 4 is 33.4 Å². The number of rotatable bonds is 4. The van der Waals surface area contributed by atoms with Gasteiger partial charge in [0, 0.05) is 0 Å². The predicted molar refractivity (Wildman–Crippen MR) is 102 cm³/mol. The van der Waals surface area contributed by atoms with Gasteiger partial charge < -0.3 is 10.1 Å². The first-order valence-electron chi connectivity index (χ1n) is 8.10. The highest BCUT2D eigenvalue weighted by Gasteiger charge is 2.35. The number of hydrogen-bond acceptors (Lipinski definition) is 4. The molecule has 28 heavy (non-hydrogen) atoms.